The van der Waals surface area contributed by atoms with Crippen molar-refractivity contribution in [2.45, 2.75) is 46.1 Å². The first-order valence-corrected chi connectivity index (χ1v) is 5.79. The molecule has 86 valence electrons. The van der Waals surface area contributed by atoms with E-state index in [-0.39, 0.29) is 16.7 Å². The van der Waals surface area contributed by atoms with Crippen molar-refractivity contribution >= 4 is 5.97 Å². The van der Waals surface area contributed by atoms with Crippen molar-refractivity contribution in [3.63, 3.8) is 0 Å². The van der Waals surface area contributed by atoms with E-state index in [1.807, 2.05) is 0 Å². The summed E-state index contributed by atoms with van der Waals surface area (Å²) in [6.45, 7) is 6.78. The molecule has 0 unspecified atom stereocenters. The van der Waals surface area contributed by atoms with Gasteiger partial charge in [0, 0.05) is 0 Å². The minimum absolute atomic E-state index is 0.121. The Morgan fingerprint density at radius 2 is 2.07 bits per heavy atom. The molecular formula is C12H21NO2. The largest absolute Gasteiger partial charge is 0.480 e. The maximum Gasteiger partial charge on any atom is 0.320 e. The van der Waals surface area contributed by atoms with Gasteiger partial charge in [-0.1, -0.05) is 20.8 Å². The Kier molecular flexibility index (Phi) is 2.16. The van der Waals surface area contributed by atoms with Gasteiger partial charge in [-0.3, -0.25) is 4.79 Å². The van der Waals surface area contributed by atoms with Gasteiger partial charge in [0.2, 0.25) is 0 Å². The quantitative estimate of drug-likeness (QED) is 0.732. The van der Waals surface area contributed by atoms with Crippen molar-refractivity contribution in [3.05, 3.63) is 0 Å². The molecule has 0 spiro atoms. The average molecular weight is 211 g/mol. The molecule has 2 saturated carbocycles. The van der Waals surface area contributed by atoms with Crippen molar-refractivity contribution in [3.8, 4) is 0 Å². The minimum atomic E-state index is -0.843. The number of aliphatic carboxylic acids is 1. The van der Waals surface area contributed by atoms with Crippen LogP contribution < -0.4 is 5.73 Å². The van der Waals surface area contributed by atoms with Gasteiger partial charge in [-0.25, -0.2) is 0 Å². The number of fused-ring (bicyclic) bond motifs is 2. The van der Waals surface area contributed by atoms with Gasteiger partial charge < -0.3 is 10.8 Å². The number of hydrogen-bond donors (Lipinski definition) is 2. The molecule has 2 aliphatic carbocycles. The molecule has 0 saturated heterocycles. The summed E-state index contributed by atoms with van der Waals surface area (Å²) in [5.41, 5.74) is 6.19. The molecule has 3 heteroatoms. The Hall–Kier alpha value is -0.570. The van der Waals surface area contributed by atoms with Crippen LogP contribution in [0, 0.1) is 22.7 Å². The van der Waals surface area contributed by atoms with Crippen LogP contribution in [0.5, 0.6) is 0 Å². The van der Waals surface area contributed by atoms with Gasteiger partial charge in [0.25, 0.3) is 0 Å². The van der Waals surface area contributed by atoms with E-state index in [1.165, 1.54) is 6.42 Å². The van der Waals surface area contributed by atoms with Crippen LogP contribution in [0.2, 0.25) is 0 Å². The SMILES string of the molecule is CC1(C)[C@@H]2CC[C@]1(C)[C@@H]([C@@H](N)C(=O)O)C2. The summed E-state index contributed by atoms with van der Waals surface area (Å²) in [4.78, 5) is 11.0. The molecule has 0 aromatic heterocycles. The van der Waals surface area contributed by atoms with Gasteiger partial charge in [0.1, 0.15) is 6.04 Å². The van der Waals surface area contributed by atoms with E-state index in [0.29, 0.717) is 5.92 Å². The first-order chi connectivity index (χ1) is 6.80. The van der Waals surface area contributed by atoms with Crippen LogP contribution in [-0.4, -0.2) is 17.1 Å². The summed E-state index contributed by atoms with van der Waals surface area (Å²) in [6.07, 6.45) is 3.37. The molecule has 2 aliphatic rings. The fourth-order valence-corrected chi connectivity index (χ4v) is 3.98. The lowest BCUT2D eigenvalue weighted by Gasteiger charge is -2.40. The molecule has 15 heavy (non-hydrogen) atoms. The van der Waals surface area contributed by atoms with Gasteiger partial charge >= 0.3 is 5.97 Å². The first kappa shape index (κ1) is 10.9. The van der Waals surface area contributed by atoms with Crippen molar-refractivity contribution in [2.24, 2.45) is 28.4 Å². The summed E-state index contributed by atoms with van der Waals surface area (Å²) >= 11 is 0. The highest BCUT2D eigenvalue weighted by Gasteiger charge is 2.63. The molecule has 3 nitrogen and oxygen atoms in total. The van der Waals surface area contributed by atoms with Gasteiger partial charge in [0.05, 0.1) is 0 Å². The third kappa shape index (κ3) is 1.19. The van der Waals surface area contributed by atoms with E-state index in [2.05, 4.69) is 20.8 Å². The predicted molar refractivity (Wildman–Crippen MR) is 58.3 cm³/mol. The number of carbonyl (C=O) groups is 1. The fourth-order valence-electron chi connectivity index (χ4n) is 3.98. The van der Waals surface area contributed by atoms with Gasteiger partial charge in [-0.2, -0.15) is 0 Å². The minimum Gasteiger partial charge on any atom is -0.480 e. The van der Waals surface area contributed by atoms with Crippen LogP contribution in [0.4, 0.5) is 0 Å². The zero-order chi connectivity index (χ0) is 11.4. The Morgan fingerprint density at radius 1 is 1.47 bits per heavy atom. The Labute approximate surface area is 91.0 Å². The summed E-state index contributed by atoms with van der Waals surface area (Å²) < 4.78 is 0. The molecule has 0 heterocycles. The lowest BCUT2D eigenvalue weighted by Crippen LogP contribution is -2.46. The lowest BCUT2D eigenvalue weighted by molar-refractivity contribution is -0.141. The van der Waals surface area contributed by atoms with Crippen LogP contribution in [-0.2, 0) is 4.79 Å². The Bertz CT molecular complexity index is 300. The van der Waals surface area contributed by atoms with E-state index in [9.17, 15) is 4.79 Å². The standard InChI is InChI=1S/C12H21NO2/c1-11(2)7-4-5-12(11,3)8(6-7)9(13)10(14)15/h7-9H,4-6,13H2,1-3H3,(H,14,15)/t7-,8-,9-,12-/m1/s1. The number of hydrogen-bond acceptors (Lipinski definition) is 2. The zero-order valence-electron chi connectivity index (χ0n) is 9.79. The van der Waals surface area contributed by atoms with Crippen LogP contribution in [0.25, 0.3) is 0 Å². The summed E-state index contributed by atoms with van der Waals surface area (Å²) in [6, 6.07) is -0.681. The van der Waals surface area contributed by atoms with Gasteiger partial charge in [0.15, 0.2) is 0 Å². The Morgan fingerprint density at radius 3 is 2.40 bits per heavy atom. The van der Waals surface area contributed by atoms with Gasteiger partial charge in [-0.15, -0.1) is 0 Å². The molecule has 3 N–H and O–H groups in total. The second-order valence-corrected chi connectivity index (χ2v) is 6.08. The predicted octanol–water partition coefficient (Wildman–Crippen LogP) is 1.86. The molecule has 0 aromatic carbocycles. The highest BCUT2D eigenvalue weighted by atomic mass is 16.4. The number of carboxylic acids is 1. The molecular weight excluding hydrogens is 190 g/mol. The molecule has 0 aliphatic heterocycles. The summed E-state index contributed by atoms with van der Waals surface area (Å²) in [5.74, 6) is -0.0220. The maximum absolute atomic E-state index is 11.0. The topological polar surface area (TPSA) is 63.3 Å². The van der Waals surface area contributed by atoms with Crippen LogP contribution in [0.3, 0.4) is 0 Å². The average Bonchev–Trinajstić information content (AvgIpc) is 2.47. The molecule has 2 fully saturated rings. The van der Waals surface area contributed by atoms with Gasteiger partial charge in [-0.05, 0) is 41.9 Å². The smallest absolute Gasteiger partial charge is 0.320 e. The first-order valence-electron chi connectivity index (χ1n) is 5.79. The van der Waals surface area contributed by atoms with Crippen molar-refractivity contribution in [2.75, 3.05) is 0 Å². The van der Waals surface area contributed by atoms with Crippen LogP contribution in [0.15, 0.2) is 0 Å². The third-order valence-electron chi connectivity index (χ3n) is 5.58. The van der Waals surface area contributed by atoms with E-state index < -0.39 is 12.0 Å². The fraction of sp³-hybridized carbons (Fsp3) is 0.917. The number of rotatable bonds is 2. The number of carboxylic acid groups (broad SMARTS) is 1. The molecule has 4 atom stereocenters. The molecule has 2 bridgehead atoms. The highest BCUT2D eigenvalue weighted by Crippen LogP contribution is 2.68. The monoisotopic (exact) mass is 211 g/mol. The van der Waals surface area contributed by atoms with E-state index in [1.54, 1.807) is 0 Å². The lowest BCUT2D eigenvalue weighted by atomic mass is 9.65. The third-order valence-corrected chi connectivity index (χ3v) is 5.58. The second kappa shape index (κ2) is 2.97. The summed E-state index contributed by atoms with van der Waals surface area (Å²) in [7, 11) is 0. The van der Waals surface area contributed by atoms with Crippen LogP contribution >= 0.6 is 0 Å². The highest BCUT2D eigenvalue weighted by molar-refractivity contribution is 5.73. The van der Waals surface area contributed by atoms with Crippen molar-refractivity contribution in [1.82, 2.24) is 0 Å². The molecule has 0 aromatic rings. The summed E-state index contributed by atoms with van der Waals surface area (Å²) in [5, 5.41) is 9.03. The second-order valence-electron chi connectivity index (χ2n) is 6.08. The Balaban J connectivity index is 2.30. The van der Waals surface area contributed by atoms with E-state index in [4.69, 9.17) is 10.8 Å². The van der Waals surface area contributed by atoms with E-state index >= 15 is 0 Å². The van der Waals surface area contributed by atoms with Crippen molar-refractivity contribution < 1.29 is 9.90 Å². The van der Waals surface area contributed by atoms with Crippen molar-refractivity contribution in [1.29, 1.82) is 0 Å². The maximum atomic E-state index is 11.0. The molecule has 2 rings (SSSR count). The molecule has 0 amide bonds. The van der Waals surface area contributed by atoms with E-state index in [0.717, 1.165) is 12.8 Å². The number of nitrogens with two attached hydrogens (primary N) is 1. The molecule has 0 radical (unpaired) electrons. The van der Waals surface area contributed by atoms with Crippen LogP contribution in [0.1, 0.15) is 40.0 Å². The zero-order valence-corrected chi connectivity index (χ0v) is 9.79. The normalized spacial score (nSPS) is 44.3.